The summed E-state index contributed by atoms with van der Waals surface area (Å²) in [5, 5.41) is 67.5. The molecule has 18 N–H and O–H groups in total. The predicted molar refractivity (Wildman–Crippen MR) is 106 cm³/mol. The predicted octanol–water partition coefficient (Wildman–Crippen LogP) is -10.3. The Labute approximate surface area is 216 Å². The summed E-state index contributed by atoms with van der Waals surface area (Å²) < 4.78 is 0. The Kier molecular flexibility index (Phi) is 29.0. The first kappa shape index (κ1) is 46.4. The fraction of sp³-hybridized carbons (Fsp3) is 0.625. The van der Waals surface area contributed by atoms with Crippen molar-refractivity contribution in [3.05, 3.63) is 0 Å². The zero-order chi connectivity index (χ0) is 25.5. The number of carboxylic acids is 6. The van der Waals surface area contributed by atoms with E-state index in [2.05, 4.69) is 10.6 Å². The Morgan fingerprint density at radius 2 is 0.722 bits per heavy atom. The number of hydrogen-bond donors (Lipinski definition) is 7. The number of aliphatic carboxylic acids is 6. The van der Waals surface area contributed by atoms with E-state index in [1.165, 1.54) is 0 Å². The summed E-state index contributed by atoms with van der Waals surface area (Å²) in [6, 6.07) is 0. The molecule has 0 aromatic heterocycles. The fourth-order valence-electron chi connectivity index (χ4n) is 2.42. The molecule has 0 saturated carbocycles. The van der Waals surface area contributed by atoms with Crippen LogP contribution in [0.2, 0.25) is 0 Å². The fourth-order valence-corrected chi connectivity index (χ4v) is 2.42. The number of carbonyl (C=O) groups is 6. The minimum Gasteiger partial charge on any atom is -0.550 e. The van der Waals surface area contributed by atoms with Gasteiger partial charge in [-0.2, -0.15) is 0 Å². The Bertz CT molecular complexity index is 621. The van der Waals surface area contributed by atoms with Crippen molar-refractivity contribution in [3.8, 4) is 0 Å². The van der Waals surface area contributed by atoms with E-state index in [0.717, 1.165) is 0 Å². The summed E-state index contributed by atoms with van der Waals surface area (Å²) in [6.45, 7) is -0.132. The normalized spacial score (nSPS) is 9.83. The molecular formula is C16H34FeN7O12. The van der Waals surface area contributed by atoms with Crippen LogP contribution in [0.1, 0.15) is 25.7 Å². The van der Waals surface area contributed by atoms with Gasteiger partial charge in [-0.1, -0.05) is 0 Å². The van der Waals surface area contributed by atoms with Crippen LogP contribution in [0.25, 0.3) is 0 Å². The van der Waals surface area contributed by atoms with E-state index >= 15 is 0 Å². The number of quaternary nitrogens is 3. The van der Waals surface area contributed by atoms with Crippen LogP contribution in [0.4, 0.5) is 0 Å². The number of nitrogens with one attached hydrogen (secondary N) is 2. The standard InChI is InChI=1S/2C8H14N2O6.Fe.3H3N/c2*9-1-2-10-8(7(15)16,3-5(11)12)4-6(13)14;;;;/h2*10H,1-4,9H2,(H,11,12)(H,13,14)(H,15,16);;3*1H3/q;;+3;;;/p-3. The molecule has 0 aromatic carbocycles. The zero-order valence-electron chi connectivity index (χ0n) is 20.1. The molecule has 0 rings (SSSR count). The molecule has 0 unspecified atom stereocenters. The van der Waals surface area contributed by atoms with Gasteiger partial charge in [-0.3, -0.25) is 0 Å². The molecule has 0 aliphatic heterocycles. The van der Waals surface area contributed by atoms with Crippen molar-refractivity contribution in [1.29, 1.82) is 0 Å². The molecule has 0 amide bonds. The SMILES string of the molecule is NCCNC(CC(=O)[O-])(CC(=O)[O-])C(=O)[O-].NCCNC(CC(=O)[O-])(CC(=O)[O-])C(=O)[O-].[Fe+3].[NH4+].[NH4+].[NH4+]. The quantitative estimate of drug-likeness (QED) is 0.0844. The first-order valence-electron chi connectivity index (χ1n) is 8.80. The molecule has 1 radical (unpaired) electrons. The maximum Gasteiger partial charge on any atom is 3.00 e. The molecular weight excluding hydrogens is 538 g/mol. The second kappa shape index (κ2) is 22.5. The number of nitrogens with two attached hydrogens (primary N) is 2. The summed E-state index contributed by atoms with van der Waals surface area (Å²) in [6.07, 6.45) is -4.15. The molecule has 0 aromatic rings. The van der Waals surface area contributed by atoms with E-state index in [0.29, 0.717) is 0 Å². The van der Waals surface area contributed by atoms with Crippen LogP contribution < -0.4 is 71.2 Å². The summed E-state index contributed by atoms with van der Waals surface area (Å²) >= 11 is 0. The van der Waals surface area contributed by atoms with Gasteiger partial charge in [-0.05, 0) is 0 Å². The molecule has 0 saturated heterocycles. The van der Waals surface area contributed by atoms with E-state index < -0.39 is 72.6 Å². The summed E-state index contributed by atoms with van der Waals surface area (Å²) in [5.41, 5.74) is 5.69. The maximum atomic E-state index is 10.8. The van der Waals surface area contributed by atoms with Gasteiger partial charge in [0.2, 0.25) is 0 Å². The Morgan fingerprint density at radius 1 is 0.528 bits per heavy atom. The van der Waals surface area contributed by atoms with Crippen molar-refractivity contribution in [2.75, 3.05) is 26.2 Å². The van der Waals surface area contributed by atoms with Gasteiger partial charge in [0.05, 0.1) is 23.0 Å². The second-order valence-corrected chi connectivity index (χ2v) is 6.37. The average molecular weight is 572 g/mol. The first-order chi connectivity index (χ1) is 14.7. The third-order valence-corrected chi connectivity index (χ3v) is 3.78. The Balaban J connectivity index is -0.000000112. The van der Waals surface area contributed by atoms with E-state index in [4.69, 9.17) is 11.5 Å². The molecule has 36 heavy (non-hydrogen) atoms. The Morgan fingerprint density at radius 3 is 0.833 bits per heavy atom. The van der Waals surface area contributed by atoms with Gasteiger partial charge in [-0.15, -0.1) is 0 Å². The average Bonchev–Trinajstić information content (AvgIpc) is 2.62. The van der Waals surface area contributed by atoms with E-state index in [1.54, 1.807) is 0 Å². The molecule has 20 heteroatoms. The van der Waals surface area contributed by atoms with Crippen LogP contribution >= 0.6 is 0 Å². The molecule has 19 nitrogen and oxygen atoms in total. The van der Waals surface area contributed by atoms with E-state index in [9.17, 15) is 59.4 Å². The first-order valence-corrected chi connectivity index (χ1v) is 8.80. The van der Waals surface area contributed by atoms with Crippen LogP contribution in [0, 0.1) is 0 Å². The van der Waals surface area contributed by atoms with Gasteiger partial charge in [-0.25, -0.2) is 0 Å². The third-order valence-electron chi connectivity index (χ3n) is 3.78. The monoisotopic (exact) mass is 572 g/mol. The van der Waals surface area contributed by atoms with Crippen molar-refractivity contribution in [3.63, 3.8) is 0 Å². The summed E-state index contributed by atoms with van der Waals surface area (Å²) in [4.78, 5) is 63.1. The van der Waals surface area contributed by atoms with Crippen molar-refractivity contribution < 1.29 is 76.5 Å². The third kappa shape index (κ3) is 18.4. The van der Waals surface area contributed by atoms with Crippen molar-refractivity contribution in [2.24, 2.45) is 11.5 Å². The van der Waals surface area contributed by atoms with Gasteiger partial charge >= 0.3 is 17.1 Å². The molecule has 0 aliphatic rings. The number of carboxylic acid groups (broad SMARTS) is 6. The molecule has 0 heterocycles. The van der Waals surface area contributed by atoms with E-state index in [1.807, 2.05) is 0 Å². The van der Waals surface area contributed by atoms with Gasteiger partial charge in [0.15, 0.2) is 0 Å². The molecule has 0 bridgehead atoms. The Hall–Kier alpha value is -2.94. The molecule has 0 aliphatic carbocycles. The van der Waals surface area contributed by atoms with Gasteiger partial charge in [0.1, 0.15) is 0 Å². The minimum atomic E-state index is -2.25. The largest absolute Gasteiger partial charge is 3.00 e. The molecule has 213 valence electrons. The molecule has 0 spiro atoms. The topological polar surface area (TPSA) is 426 Å². The zero-order valence-corrected chi connectivity index (χ0v) is 21.2. The van der Waals surface area contributed by atoms with Gasteiger partial charge < -0.3 is 100.0 Å². The van der Waals surface area contributed by atoms with Crippen LogP contribution in [-0.4, -0.2) is 73.1 Å². The maximum absolute atomic E-state index is 10.8. The van der Waals surface area contributed by atoms with Crippen LogP contribution in [0.5, 0.6) is 0 Å². The number of hydrogen-bond acceptors (Lipinski definition) is 16. The van der Waals surface area contributed by atoms with Crippen molar-refractivity contribution >= 4 is 35.8 Å². The molecule has 0 atom stereocenters. The van der Waals surface area contributed by atoms with Crippen molar-refractivity contribution in [1.82, 2.24) is 29.1 Å². The van der Waals surface area contributed by atoms with Crippen LogP contribution in [0.15, 0.2) is 0 Å². The number of rotatable bonds is 16. The summed E-state index contributed by atoms with van der Waals surface area (Å²) in [5.74, 6) is -10.6. The summed E-state index contributed by atoms with van der Waals surface area (Å²) in [7, 11) is 0. The second-order valence-electron chi connectivity index (χ2n) is 6.37. The van der Waals surface area contributed by atoms with E-state index in [-0.39, 0.29) is 61.7 Å². The van der Waals surface area contributed by atoms with Crippen LogP contribution in [-0.2, 0) is 45.8 Å². The number of carbonyl (C=O) groups excluding carboxylic acids is 6. The molecule has 0 fully saturated rings. The van der Waals surface area contributed by atoms with Crippen LogP contribution in [0.3, 0.4) is 0 Å². The van der Waals surface area contributed by atoms with Gasteiger partial charge in [0.25, 0.3) is 0 Å². The van der Waals surface area contributed by atoms with Gasteiger partial charge in [0, 0.05) is 75.7 Å². The minimum absolute atomic E-state index is 0. The van der Waals surface area contributed by atoms with Crippen molar-refractivity contribution in [2.45, 2.75) is 36.8 Å². The smallest absolute Gasteiger partial charge is 0.550 e.